The van der Waals surface area contributed by atoms with Crippen molar-refractivity contribution in [3.63, 3.8) is 0 Å². The van der Waals surface area contributed by atoms with E-state index in [0.29, 0.717) is 18.0 Å². The van der Waals surface area contributed by atoms with Crippen LogP contribution in [0, 0.1) is 5.92 Å². The molecule has 0 saturated carbocycles. The zero-order valence-electron chi connectivity index (χ0n) is 12.6. The molecule has 17 heavy (non-hydrogen) atoms. The average molecular weight is 244 g/mol. The van der Waals surface area contributed by atoms with Crippen molar-refractivity contribution in [1.82, 2.24) is 10.2 Å². The number of rotatable bonds is 10. The van der Waals surface area contributed by atoms with Crippen LogP contribution in [0.15, 0.2) is 0 Å². The molecule has 0 spiro atoms. The van der Waals surface area contributed by atoms with Gasteiger partial charge < -0.3 is 10.1 Å². The molecule has 0 rings (SSSR count). The van der Waals surface area contributed by atoms with Crippen LogP contribution in [-0.2, 0) is 4.74 Å². The van der Waals surface area contributed by atoms with E-state index in [9.17, 15) is 0 Å². The second kappa shape index (κ2) is 9.86. The van der Waals surface area contributed by atoms with E-state index in [0.717, 1.165) is 26.2 Å². The van der Waals surface area contributed by atoms with Gasteiger partial charge in [0.2, 0.25) is 0 Å². The highest BCUT2D eigenvalue weighted by atomic mass is 16.5. The lowest BCUT2D eigenvalue weighted by atomic mass is 10.0. The Morgan fingerprint density at radius 3 is 2.24 bits per heavy atom. The first-order valence-corrected chi connectivity index (χ1v) is 6.99. The van der Waals surface area contributed by atoms with Crippen LogP contribution < -0.4 is 5.32 Å². The molecule has 0 aliphatic heterocycles. The van der Waals surface area contributed by atoms with Crippen molar-refractivity contribution in [3.8, 4) is 0 Å². The van der Waals surface area contributed by atoms with Crippen molar-refractivity contribution in [2.75, 3.05) is 33.4 Å². The molecule has 1 unspecified atom stereocenters. The van der Waals surface area contributed by atoms with Crippen LogP contribution in [0.5, 0.6) is 0 Å². The normalized spacial score (nSPS) is 13.9. The van der Waals surface area contributed by atoms with E-state index < -0.39 is 0 Å². The van der Waals surface area contributed by atoms with Crippen molar-refractivity contribution in [2.24, 2.45) is 5.92 Å². The number of hydrogen-bond donors (Lipinski definition) is 1. The lowest BCUT2D eigenvalue weighted by Gasteiger charge is -2.33. The molecular weight excluding hydrogens is 212 g/mol. The third-order valence-electron chi connectivity index (χ3n) is 3.21. The van der Waals surface area contributed by atoms with Crippen molar-refractivity contribution in [1.29, 1.82) is 0 Å². The Kier molecular flexibility index (Phi) is 9.79. The summed E-state index contributed by atoms with van der Waals surface area (Å²) in [5.41, 5.74) is 0. The van der Waals surface area contributed by atoms with Gasteiger partial charge >= 0.3 is 0 Å². The first kappa shape index (κ1) is 16.9. The van der Waals surface area contributed by atoms with Gasteiger partial charge in [0, 0.05) is 32.3 Å². The molecule has 0 saturated heterocycles. The molecule has 1 N–H and O–H groups in total. The van der Waals surface area contributed by atoms with E-state index in [1.165, 1.54) is 6.42 Å². The molecule has 0 aromatic carbocycles. The summed E-state index contributed by atoms with van der Waals surface area (Å²) >= 11 is 0. The number of hydrogen-bond acceptors (Lipinski definition) is 3. The molecule has 0 heterocycles. The lowest BCUT2D eigenvalue weighted by molar-refractivity contribution is 0.115. The number of nitrogens with zero attached hydrogens (tertiary/aromatic N) is 1. The van der Waals surface area contributed by atoms with Crippen molar-refractivity contribution in [3.05, 3.63) is 0 Å². The molecule has 0 aliphatic rings. The third-order valence-corrected chi connectivity index (χ3v) is 3.21. The van der Waals surface area contributed by atoms with Crippen LogP contribution in [-0.4, -0.2) is 50.3 Å². The van der Waals surface area contributed by atoms with Gasteiger partial charge in [0.05, 0.1) is 6.61 Å². The summed E-state index contributed by atoms with van der Waals surface area (Å²) in [6.07, 6.45) is 1.20. The average Bonchev–Trinajstić information content (AvgIpc) is 2.27. The first-order chi connectivity index (χ1) is 8.02. The summed E-state index contributed by atoms with van der Waals surface area (Å²) < 4.78 is 5.18. The number of ether oxygens (including phenoxy) is 1. The number of nitrogens with one attached hydrogen (secondary N) is 1. The summed E-state index contributed by atoms with van der Waals surface area (Å²) in [5, 5.41) is 3.65. The van der Waals surface area contributed by atoms with Gasteiger partial charge in [-0.2, -0.15) is 0 Å². The fourth-order valence-electron chi connectivity index (χ4n) is 1.86. The minimum Gasteiger partial charge on any atom is -0.383 e. The van der Waals surface area contributed by atoms with Gasteiger partial charge in [-0.25, -0.2) is 0 Å². The zero-order chi connectivity index (χ0) is 13.3. The van der Waals surface area contributed by atoms with Gasteiger partial charge in [0.15, 0.2) is 0 Å². The van der Waals surface area contributed by atoms with Gasteiger partial charge in [0.1, 0.15) is 0 Å². The Morgan fingerprint density at radius 1 is 1.18 bits per heavy atom. The van der Waals surface area contributed by atoms with E-state index in [4.69, 9.17) is 4.74 Å². The maximum Gasteiger partial charge on any atom is 0.0589 e. The molecule has 0 radical (unpaired) electrons. The standard InChI is InChI=1S/C14H32N2O/c1-7-8-15-14(12(2)3)11-16(13(4)5)9-10-17-6/h12-15H,7-11H2,1-6H3. The maximum atomic E-state index is 5.18. The highest BCUT2D eigenvalue weighted by molar-refractivity contribution is 4.76. The van der Waals surface area contributed by atoms with Crippen LogP contribution in [0.4, 0.5) is 0 Å². The topological polar surface area (TPSA) is 24.5 Å². The van der Waals surface area contributed by atoms with Crippen molar-refractivity contribution >= 4 is 0 Å². The van der Waals surface area contributed by atoms with E-state index in [-0.39, 0.29) is 0 Å². The van der Waals surface area contributed by atoms with Gasteiger partial charge in [0.25, 0.3) is 0 Å². The fourth-order valence-corrected chi connectivity index (χ4v) is 1.86. The molecule has 104 valence electrons. The van der Waals surface area contributed by atoms with Crippen LogP contribution in [0.2, 0.25) is 0 Å². The molecule has 0 amide bonds. The molecule has 1 atom stereocenters. The van der Waals surface area contributed by atoms with Crippen LogP contribution in [0.3, 0.4) is 0 Å². The molecule has 0 aliphatic carbocycles. The highest BCUT2D eigenvalue weighted by Gasteiger charge is 2.18. The van der Waals surface area contributed by atoms with Crippen LogP contribution in [0.25, 0.3) is 0 Å². The van der Waals surface area contributed by atoms with Crippen LogP contribution in [0.1, 0.15) is 41.0 Å². The fraction of sp³-hybridized carbons (Fsp3) is 1.00. The molecule has 3 heteroatoms. The monoisotopic (exact) mass is 244 g/mol. The summed E-state index contributed by atoms with van der Waals surface area (Å²) in [6.45, 7) is 15.4. The first-order valence-electron chi connectivity index (χ1n) is 6.99. The van der Waals surface area contributed by atoms with Gasteiger partial charge in [-0.1, -0.05) is 20.8 Å². The third kappa shape index (κ3) is 7.74. The Labute approximate surface area is 108 Å². The molecule has 0 bridgehead atoms. The largest absolute Gasteiger partial charge is 0.383 e. The highest BCUT2D eigenvalue weighted by Crippen LogP contribution is 2.07. The van der Waals surface area contributed by atoms with E-state index in [2.05, 4.69) is 44.8 Å². The SMILES string of the molecule is CCCNC(CN(CCOC)C(C)C)C(C)C. The zero-order valence-corrected chi connectivity index (χ0v) is 12.6. The predicted molar refractivity (Wildman–Crippen MR) is 75.5 cm³/mol. The quantitative estimate of drug-likeness (QED) is 0.638. The van der Waals surface area contributed by atoms with Crippen LogP contribution >= 0.6 is 0 Å². The number of methoxy groups -OCH3 is 1. The molecule has 0 fully saturated rings. The second-order valence-corrected chi connectivity index (χ2v) is 5.39. The van der Waals surface area contributed by atoms with Gasteiger partial charge in [-0.15, -0.1) is 0 Å². The van der Waals surface area contributed by atoms with E-state index >= 15 is 0 Å². The molecule has 3 nitrogen and oxygen atoms in total. The van der Waals surface area contributed by atoms with Gasteiger partial charge in [-0.05, 0) is 32.7 Å². The molecule has 0 aromatic rings. The summed E-state index contributed by atoms with van der Waals surface area (Å²) in [7, 11) is 1.77. The van der Waals surface area contributed by atoms with E-state index in [1.807, 2.05) is 0 Å². The van der Waals surface area contributed by atoms with Crippen molar-refractivity contribution in [2.45, 2.75) is 53.1 Å². The predicted octanol–water partition coefficient (Wildman–Crippen LogP) is 2.37. The summed E-state index contributed by atoms with van der Waals surface area (Å²) in [4.78, 5) is 2.50. The minimum atomic E-state index is 0.578. The Morgan fingerprint density at radius 2 is 1.82 bits per heavy atom. The lowest BCUT2D eigenvalue weighted by Crippen LogP contribution is -2.47. The summed E-state index contributed by atoms with van der Waals surface area (Å²) in [6, 6.07) is 1.16. The maximum absolute atomic E-state index is 5.18. The smallest absolute Gasteiger partial charge is 0.0589 e. The van der Waals surface area contributed by atoms with E-state index in [1.54, 1.807) is 7.11 Å². The van der Waals surface area contributed by atoms with Gasteiger partial charge in [-0.3, -0.25) is 4.90 Å². The molecule has 0 aromatic heterocycles. The Bertz CT molecular complexity index is 154. The summed E-state index contributed by atoms with van der Waals surface area (Å²) in [5.74, 6) is 0.672. The Hall–Kier alpha value is -0.120. The molecular formula is C14H32N2O. The Balaban J connectivity index is 4.23. The minimum absolute atomic E-state index is 0.578. The van der Waals surface area contributed by atoms with Crippen molar-refractivity contribution < 1.29 is 4.74 Å². The second-order valence-electron chi connectivity index (χ2n) is 5.39.